The molecule has 1 heterocycles. The summed E-state index contributed by atoms with van der Waals surface area (Å²) >= 11 is 3.51. The largest absolute Gasteiger partial charge is 0.460 e. The van der Waals surface area contributed by atoms with Crippen LogP contribution in [-0.4, -0.2) is 32.1 Å². The second-order valence-corrected chi connectivity index (χ2v) is 9.03. The Kier molecular flexibility index (Phi) is 6.10. The summed E-state index contributed by atoms with van der Waals surface area (Å²) in [7, 11) is 1.56. The first-order valence-corrected chi connectivity index (χ1v) is 10.2. The van der Waals surface area contributed by atoms with Gasteiger partial charge in [0.1, 0.15) is 6.61 Å². The zero-order valence-electron chi connectivity index (χ0n) is 16.7. The van der Waals surface area contributed by atoms with Crippen molar-refractivity contribution in [3.63, 3.8) is 0 Å². The summed E-state index contributed by atoms with van der Waals surface area (Å²) in [5, 5.41) is 3.33. The Morgan fingerprint density at radius 2 is 2.04 bits per heavy atom. The molecular weight excluding hydrogens is 422 g/mol. The molecule has 150 valence electrons. The molecule has 0 saturated carbocycles. The topological polar surface area (TPSA) is 64.6 Å². The molecule has 0 radical (unpaired) electrons. The number of hydrogen-bond acceptors (Lipinski definition) is 5. The summed E-state index contributed by atoms with van der Waals surface area (Å²) in [6.07, 6.45) is 1.23. The van der Waals surface area contributed by atoms with Gasteiger partial charge < -0.3 is 14.8 Å². The van der Waals surface area contributed by atoms with Crippen molar-refractivity contribution in [2.24, 2.45) is 5.41 Å². The number of dihydropyridines is 1. The van der Waals surface area contributed by atoms with Crippen molar-refractivity contribution in [1.29, 1.82) is 0 Å². The molecule has 1 aliphatic heterocycles. The maximum Gasteiger partial charge on any atom is 0.336 e. The van der Waals surface area contributed by atoms with E-state index in [1.165, 1.54) is 0 Å². The standard InChI is InChI=1S/C22H26BrNO4/c1-13-18(21(26)28-9-8-27-4)19(14-6-5-7-15(23)10-14)20-16(24-13)11-22(2,3)12-17(20)25/h5-7,10,19,24H,8-9,11-12H2,1-4H3/t19-/m1/s1. The van der Waals surface area contributed by atoms with Crippen LogP contribution < -0.4 is 5.32 Å². The average molecular weight is 448 g/mol. The quantitative estimate of drug-likeness (QED) is 0.539. The first kappa shape index (κ1) is 20.8. The minimum Gasteiger partial charge on any atom is -0.460 e. The Morgan fingerprint density at radius 3 is 2.71 bits per heavy atom. The van der Waals surface area contributed by atoms with E-state index in [1.54, 1.807) is 7.11 Å². The van der Waals surface area contributed by atoms with Crippen LogP contribution in [0.25, 0.3) is 0 Å². The van der Waals surface area contributed by atoms with Crippen molar-refractivity contribution in [3.8, 4) is 0 Å². The number of ketones is 1. The first-order chi connectivity index (χ1) is 13.2. The van der Waals surface area contributed by atoms with Crippen molar-refractivity contribution < 1.29 is 19.1 Å². The van der Waals surface area contributed by atoms with Crippen molar-refractivity contribution in [2.75, 3.05) is 20.3 Å². The van der Waals surface area contributed by atoms with Gasteiger partial charge in [-0.3, -0.25) is 4.79 Å². The third-order valence-electron chi connectivity index (χ3n) is 5.16. The minimum atomic E-state index is -0.438. The lowest BCUT2D eigenvalue weighted by molar-refractivity contribution is -0.140. The molecule has 3 rings (SSSR count). The number of methoxy groups -OCH3 is 1. The van der Waals surface area contributed by atoms with Crippen LogP contribution in [0.1, 0.15) is 45.1 Å². The van der Waals surface area contributed by atoms with Crippen molar-refractivity contribution in [1.82, 2.24) is 5.32 Å². The Balaban J connectivity index is 2.09. The molecule has 6 heteroatoms. The summed E-state index contributed by atoms with van der Waals surface area (Å²) in [6, 6.07) is 7.76. The van der Waals surface area contributed by atoms with Crippen molar-refractivity contribution >= 4 is 27.7 Å². The SMILES string of the molecule is COCCOC(=O)C1=C(C)NC2=C(C(=O)CC(C)(C)C2)[C@@H]1c1cccc(Br)c1. The summed E-state index contributed by atoms with van der Waals surface area (Å²) in [4.78, 5) is 26.1. The van der Waals surface area contributed by atoms with Crippen LogP contribution in [0.4, 0.5) is 0 Å². The Bertz CT molecular complexity index is 869. The molecule has 0 amide bonds. The highest BCUT2D eigenvalue weighted by Gasteiger charge is 2.43. The first-order valence-electron chi connectivity index (χ1n) is 9.39. The van der Waals surface area contributed by atoms with E-state index in [0.717, 1.165) is 27.9 Å². The number of carbonyl (C=O) groups is 2. The number of nitrogens with one attached hydrogen (secondary N) is 1. The lowest BCUT2D eigenvalue weighted by Crippen LogP contribution is -2.38. The summed E-state index contributed by atoms with van der Waals surface area (Å²) in [6.45, 7) is 6.56. The number of carbonyl (C=O) groups excluding carboxylic acids is 2. The van der Waals surface area contributed by atoms with Crippen LogP contribution in [0.2, 0.25) is 0 Å². The van der Waals surface area contributed by atoms with Gasteiger partial charge in [-0.05, 0) is 36.5 Å². The van der Waals surface area contributed by atoms with Gasteiger partial charge in [0, 0.05) is 40.9 Å². The molecule has 1 aromatic carbocycles. The van der Waals surface area contributed by atoms with Crippen LogP contribution >= 0.6 is 15.9 Å². The van der Waals surface area contributed by atoms with Gasteiger partial charge in [0.15, 0.2) is 5.78 Å². The smallest absolute Gasteiger partial charge is 0.336 e. The molecule has 28 heavy (non-hydrogen) atoms. The number of benzene rings is 1. The summed E-state index contributed by atoms with van der Waals surface area (Å²) < 4.78 is 11.3. The molecule has 1 aliphatic carbocycles. The molecule has 2 aliphatic rings. The molecule has 0 bridgehead atoms. The highest BCUT2D eigenvalue weighted by Crippen LogP contribution is 2.47. The van der Waals surface area contributed by atoms with E-state index in [1.807, 2.05) is 31.2 Å². The minimum absolute atomic E-state index is 0.0819. The number of halogens is 1. The second-order valence-electron chi connectivity index (χ2n) is 8.11. The van der Waals surface area contributed by atoms with Gasteiger partial charge in [-0.2, -0.15) is 0 Å². The normalized spacial score (nSPS) is 21.3. The van der Waals surface area contributed by atoms with Crippen LogP contribution in [0.5, 0.6) is 0 Å². The van der Waals surface area contributed by atoms with Gasteiger partial charge in [0.05, 0.1) is 12.2 Å². The zero-order chi connectivity index (χ0) is 20.5. The van der Waals surface area contributed by atoms with E-state index in [2.05, 4.69) is 35.1 Å². The van der Waals surface area contributed by atoms with E-state index < -0.39 is 11.9 Å². The van der Waals surface area contributed by atoms with Crippen LogP contribution in [0, 0.1) is 5.41 Å². The van der Waals surface area contributed by atoms with E-state index in [4.69, 9.17) is 9.47 Å². The number of allylic oxidation sites excluding steroid dienone is 3. The number of ether oxygens (including phenoxy) is 2. The lowest BCUT2D eigenvalue weighted by atomic mass is 9.68. The van der Waals surface area contributed by atoms with Gasteiger partial charge >= 0.3 is 5.97 Å². The Morgan fingerprint density at radius 1 is 1.29 bits per heavy atom. The number of hydrogen-bond donors (Lipinski definition) is 1. The number of Topliss-reactive ketones (excluding diaryl/α,β-unsaturated/α-hetero) is 1. The van der Waals surface area contributed by atoms with Gasteiger partial charge in [0.2, 0.25) is 0 Å². The Labute approximate surface area is 174 Å². The second kappa shape index (κ2) is 8.21. The van der Waals surface area contributed by atoms with E-state index in [0.29, 0.717) is 24.2 Å². The lowest BCUT2D eigenvalue weighted by Gasteiger charge is -2.39. The molecular formula is C22H26BrNO4. The van der Waals surface area contributed by atoms with Crippen LogP contribution in [-0.2, 0) is 19.1 Å². The summed E-state index contributed by atoms with van der Waals surface area (Å²) in [5.74, 6) is -0.776. The zero-order valence-corrected chi connectivity index (χ0v) is 18.3. The van der Waals surface area contributed by atoms with E-state index in [-0.39, 0.29) is 17.8 Å². The van der Waals surface area contributed by atoms with Gasteiger partial charge in [-0.1, -0.05) is 41.9 Å². The molecule has 0 fully saturated rings. The van der Waals surface area contributed by atoms with E-state index in [9.17, 15) is 9.59 Å². The van der Waals surface area contributed by atoms with Crippen LogP contribution in [0.3, 0.4) is 0 Å². The summed E-state index contributed by atoms with van der Waals surface area (Å²) in [5.41, 5.74) is 3.60. The monoisotopic (exact) mass is 447 g/mol. The van der Waals surface area contributed by atoms with Gasteiger partial charge in [-0.15, -0.1) is 0 Å². The highest BCUT2D eigenvalue weighted by atomic mass is 79.9. The van der Waals surface area contributed by atoms with Crippen molar-refractivity contribution in [3.05, 3.63) is 56.8 Å². The molecule has 0 unspecified atom stereocenters. The fourth-order valence-electron chi connectivity index (χ4n) is 4.02. The molecule has 0 aromatic heterocycles. The van der Waals surface area contributed by atoms with E-state index >= 15 is 0 Å². The third kappa shape index (κ3) is 4.23. The molecule has 1 aromatic rings. The van der Waals surface area contributed by atoms with Gasteiger partial charge in [-0.25, -0.2) is 4.79 Å². The number of rotatable bonds is 5. The predicted octanol–water partition coefficient (Wildman–Crippen LogP) is 4.24. The van der Waals surface area contributed by atoms with Gasteiger partial charge in [0.25, 0.3) is 0 Å². The maximum atomic E-state index is 13.1. The fraction of sp³-hybridized carbons (Fsp3) is 0.455. The fourth-order valence-corrected chi connectivity index (χ4v) is 4.44. The molecule has 1 atom stereocenters. The molecule has 0 spiro atoms. The highest BCUT2D eigenvalue weighted by molar-refractivity contribution is 9.10. The predicted molar refractivity (Wildman–Crippen MR) is 111 cm³/mol. The maximum absolute atomic E-state index is 13.1. The molecule has 0 saturated heterocycles. The van der Waals surface area contributed by atoms with Crippen molar-refractivity contribution in [2.45, 2.75) is 39.5 Å². The average Bonchev–Trinajstić information content (AvgIpc) is 2.59. The molecule has 1 N–H and O–H groups in total. The molecule has 5 nitrogen and oxygen atoms in total. The number of esters is 1. The van der Waals surface area contributed by atoms with Crippen LogP contribution in [0.15, 0.2) is 51.3 Å². The Hall–Kier alpha value is -1.92. The third-order valence-corrected chi connectivity index (χ3v) is 5.66.